The molecule has 0 saturated heterocycles. The molecule has 1 aromatic carbocycles. The van der Waals surface area contributed by atoms with Crippen molar-refractivity contribution in [2.24, 2.45) is 45.6 Å². The van der Waals surface area contributed by atoms with Crippen LogP contribution in [0.5, 0.6) is 0 Å². The first-order valence-electron chi connectivity index (χ1n) is 12.9. The lowest BCUT2D eigenvalue weighted by atomic mass is 9.44. The summed E-state index contributed by atoms with van der Waals surface area (Å²) in [6.07, 6.45) is 11.5. The van der Waals surface area contributed by atoms with E-state index in [2.05, 4.69) is 19.0 Å². The van der Waals surface area contributed by atoms with Gasteiger partial charge in [0.05, 0.1) is 16.7 Å². The van der Waals surface area contributed by atoms with E-state index in [1.54, 1.807) is 12.1 Å². The Hall–Kier alpha value is -1.23. The Morgan fingerprint density at radius 2 is 1.62 bits per heavy atom. The number of nitroso groups, excluding NO2 is 1. The maximum Gasteiger partial charge on any atom is 0.178 e. The highest BCUT2D eigenvalue weighted by Gasteiger charge is 2.60. The lowest BCUT2D eigenvalue weighted by Crippen LogP contribution is -2.53. The number of fused-ring (bicyclic) bond motifs is 5. The second kappa shape index (κ2) is 8.21. The van der Waals surface area contributed by atoms with Gasteiger partial charge in [-0.25, -0.2) is 8.42 Å². The number of hydrogen-bond donors (Lipinski definition) is 0. The van der Waals surface area contributed by atoms with Gasteiger partial charge in [0.2, 0.25) is 0 Å². The van der Waals surface area contributed by atoms with E-state index < -0.39 is 9.84 Å². The number of sulfone groups is 1. The fourth-order valence-electron chi connectivity index (χ4n) is 8.96. The van der Waals surface area contributed by atoms with Crippen molar-refractivity contribution in [3.8, 4) is 0 Å². The molecule has 0 radical (unpaired) electrons. The Morgan fingerprint density at radius 1 is 0.906 bits per heavy atom. The molecule has 32 heavy (non-hydrogen) atoms. The second-order valence-corrected chi connectivity index (χ2v) is 14.0. The van der Waals surface area contributed by atoms with E-state index in [1.807, 2.05) is 18.2 Å². The molecule has 0 bridgehead atoms. The predicted octanol–water partition coefficient (Wildman–Crippen LogP) is 6.64. The minimum atomic E-state index is -3.20. The molecule has 5 heteroatoms. The monoisotopic (exact) mass is 457 g/mol. The van der Waals surface area contributed by atoms with Crippen molar-refractivity contribution >= 4 is 9.84 Å². The molecular formula is C27H39NO3S. The molecule has 0 aromatic heterocycles. The molecule has 0 heterocycles. The van der Waals surface area contributed by atoms with Crippen LogP contribution in [0.1, 0.15) is 78.1 Å². The summed E-state index contributed by atoms with van der Waals surface area (Å²) < 4.78 is 25.8. The topological polar surface area (TPSA) is 63.6 Å². The fraction of sp³-hybridized carbons (Fsp3) is 0.778. The van der Waals surface area contributed by atoms with Crippen molar-refractivity contribution in [3.05, 3.63) is 35.2 Å². The van der Waals surface area contributed by atoms with Crippen LogP contribution in [0.15, 0.2) is 40.4 Å². The first-order valence-corrected chi connectivity index (χ1v) is 14.5. The third-order valence-electron chi connectivity index (χ3n) is 10.8. The highest BCUT2D eigenvalue weighted by Crippen LogP contribution is 2.67. The zero-order valence-electron chi connectivity index (χ0n) is 19.7. The summed E-state index contributed by atoms with van der Waals surface area (Å²) in [5.41, 5.74) is 0.665. The highest BCUT2D eigenvalue weighted by molar-refractivity contribution is 7.91. The number of benzene rings is 1. The molecule has 4 saturated carbocycles. The third-order valence-corrected chi connectivity index (χ3v) is 12.6. The van der Waals surface area contributed by atoms with Crippen LogP contribution >= 0.6 is 0 Å². The Labute approximate surface area is 193 Å². The van der Waals surface area contributed by atoms with Crippen LogP contribution in [0.4, 0.5) is 0 Å². The van der Waals surface area contributed by atoms with Gasteiger partial charge < -0.3 is 0 Å². The summed E-state index contributed by atoms with van der Waals surface area (Å²) in [5.74, 6) is 3.76. The Bertz CT molecular complexity index is 947. The van der Waals surface area contributed by atoms with Crippen LogP contribution in [-0.4, -0.2) is 20.2 Å². The van der Waals surface area contributed by atoms with Gasteiger partial charge in [-0.2, -0.15) is 4.91 Å². The first kappa shape index (κ1) is 22.6. The van der Waals surface area contributed by atoms with Gasteiger partial charge in [0.15, 0.2) is 9.84 Å². The van der Waals surface area contributed by atoms with Crippen LogP contribution < -0.4 is 0 Å². The van der Waals surface area contributed by atoms with Crippen molar-refractivity contribution in [2.75, 3.05) is 5.75 Å². The Morgan fingerprint density at radius 3 is 2.38 bits per heavy atom. The van der Waals surface area contributed by atoms with E-state index in [0.29, 0.717) is 22.1 Å². The molecule has 4 aliphatic rings. The molecule has 176 valence electrons. The van der Waals surface area contributed by atoms with E-state index in [1.165, 1.54) is 38.5 Å². The van der Waals surface area contributed by atoms with E-state index in [0.717, 1.165) is 43.4 Å². The van der Waals surface area contributed by atoms with E-state index in [-0.39, 0.29) is 17.2 Å². The van der Waals surface area contributed by atoms with Crippen LogP contribution in [0, 0.1) is 45.3 Å². The lowest BCUT2D eigenvalue weighted by molar-refractivity contribution is -0.113. The average molecular weight is 458 g/mol. The number of hydrogen-bond acceptors (Lipinski definition) is 4. The zero-order valence-corrected chi connectivity index (χ0v) is 20.5. The standard InChI is InChI=1S/C27H39NO3S/c1-26-16-13-25-23(10-8-20-18-21(28-29)12-15-27(20,25)2)24(26)11-9-19(26)14-17-32(30,31)22-6-4-3-5-7-22/h3-7,19-21,23-25H,8-18H2,1-2H3. The quantitative estimate of drug-likeness (QED) is 0.465. The van der Waals surface area contributed by atoms with Gasteiger partial charge in [0, 0.05) is 0 Å². The molecular weight excluding hydrogens is 418 g/mol. The number of nitrogens with zero attached hydrogens (tertiary/aromatic N) is 1. The van der Waals surface area contributed by atoms with Crippen LogP contribution in [-0.2, 0) is 9.84 Å². The van der Waals surface area contributed by atoms with Crippen LogP contribution in [0.3, 0.4) is 0 Å². The molecule has 0 aliphatic heterocycles. The molecule has 4 fully saturated rings. The van der Waals surface area contributed by atoms with E-state index >= 15 is 0 Å². The summed E-state index contributed by atoms with van der Waals surface area (Å²) in [5, 5.41) is 3.41. The van der Waals surface area contributed by atoms with Gasteiger partial charge in [0.25, 0.3) is 0 Å². The van der Waals surface area contributed by atoms with Crippen molar-refractivity contribution in [1.29, 1.82) is 0 Å². The minimum Gasteiger partial charge on any atom is -0.224 e. The average Bonchev–Trinajstić information content (AvgIpc) is 3.14. The lowest BCUT2D eigenvalue weighted by Gasteiger charge is -2.61. The molecule has 1 aromatic rings. The fourth-order valence-corrected chi connectivity index (χ4v) is 10.4. The molecule has 0 N–H and O–H groups in total. The van der Waals surface area contributed by atoms with Gasteiger partial charge in [-0.3, -0.25) is 0 Å². The largest absolute Gasteiger partial charge is 0.224 e. The zero-order chi connectivity index (χ0) is 22.6. The summed E-state index contributed by atoms with van der Waals surface area (Å²) in [4.78, 5) is 11.6. The summed E-state index contributed by atoms with van der Waals surface area (Å²) in [7, 11) is -3.20. The molecule has 8 unspecified atom stereocenters. The molecule has 8 atom stereocenters. The Balaban J connectivity index is 1.30. The Kier molecular flexibility index (Phi) is 5.79. The van der Waals surface area contributed by atoms with Crippen LogP contribution in [0.2, 0.25) is 0 Å². The van der Waals surface area contributed by atoms with Crippen LogP contribution in [0.25, 0.3) is 0 Å². The van der Waals surface area contributed by atoms with Gasteiger partial charge in [0.1, 0.15) is 0 Å². The smallest absolute Gasteiger partial charge is 0.178 e. The SMILES string of the molecule is CC12CCC3C(CCC4CC(N=O)CCC43C)C1CCC2CCS(=O)(=O)c1ccccc1. The number of rotatable bonds is 5. The normalized spacial score (nSPS) is 43.7. The maximum atomic E-state index is 12.9. The highest BCUT2D eigenvalue weighted by atomic mass is 32.2. The second-order valence-electron chi connectivity index (χ2n) is 11.9. The molecule has 4 aliphatic carbocycles. The minimum absolute atomic E-state index is 0.0425. The third kappa shape index (κ3) is 3.58. The molecule has 4 nitrogen and oxygen atoms in total. The maximum absolute atomic E-state index is 12.9. The van der Waals surface area contributed by atoms with Crippen molar-refractivity contribution in [1.82, 2.24) is 0 Å². The predicted molar refractivity (Wildman–Crippen MR) is 128 cm³/mol. The van der Waals surface area contributed by atoms with Gasteiger partial charge in [-0.15, -0.1) is 0 Å². The summed E-state index contributed by atoms with van der Waals surface area (Å²) in [6, 6.07) is 9.01. The van der Waals surface area contributed by atoms with Crippen molar-refractivity contribution in [2.45, 2.75) is 89.0 Å². The van der Waals surface area contributed by atoms with Crippen molar-refractivity contribution < 1.29 is 8.42 Å². The van der Waals surface area contributed by atoms with Gasteiger partial charge in [-0.1, -0.05) is 37.2 Å². The summed E-state index contributed by atoms with van der Waals surface area (Å²) in [6.45, 7) is 5.01. The first-order chi connectivity index (χ1) is 15.3. The summed E-state index contributed by atoms with van der Waals surface area (Å²) >= 11 is 0. The molecule has 0 spiro atoms. The van der Waals surface area contributed by atoms with Gasteiger partial charge >= 0.3 is 0 Å². The molecule has 0 amide bonds. The van der Waals surface area contributed by atoms with E-state index in [4.69, 9.17) is 0 Å². The molecule has 5 rings (SSSR count). The van der Waals surface area contributed by atoms with E-state index in [9.17, 15) is 13.3 Å². The van der Waals surface area contributed by atoms with Crippen molar-refractivity contribution in [3.63, 3.8) is 0 Å². The van der Waals surface area contributed by atoms with Gasteiger partial charge in [-0.05, 0) is 117 Å².